The molecule has 3 unspecified atom stereocenters. The van der Waals surface area contributed by atoms with Crippen LogP contribution < -0.4 is 0 Å². The van der Waals surface area contributed by atoms with Gasteiger partial charge in [-0.2, -0.15) is 0 Å². The average Bonchev–Trinajstić information content (AvgIpc) is 1.59. The SMILES string of the molecule is CCCCCCCCCCCCCCCCCCCC(=O)OC[C@H](COP(=O)(O)OC[C@@H](O)COP(=O)(O)OC[C@@H](COC(=O)CCCCCCCCCC)OC(=O)CCCCCCCCCCCCC(C)CC)OC(=O)CCCCCCCCCCCCCCCCCCC. The Kier molecular flexibility index (Phi) is 68.7. The number of hydrogen-bond donors (Lipinski definition) is 3. The third kappa shape index (κ3) is 69.2. The summed E-state index contributed by atoms with van der Waals surface area (Å²) < 4.78 is 68.5. The summed E-state index contributed by atoms with van der Waals surface area (Å²) >= 11 is 0. The maximum absolute atomic E-state index is 13.1. The lowest BCUT2D eigenvalue weighted by atomic mass is 9.99. The first-order chi connectivity index (χ1) is 46.6. The van der Waals surface area contributed by atoms with Crippen molar-refractivity contribution in [3.63, 3.8) is 0 Å². The summed E-state index contributed by atoms with van der Waals surface area (Å²) in [5.41, 5.74) is 0. The summed E-state index contributed by atoms with van der Waals surface area (Å²) in [4.78, 5) is 72.8. The van der Waals surface area contributed by atoms with Crippen LogP contribution >= 0.6 is 15.6 Å². The molecule has 570 valence electrons. The molecular formula is C77H150O17P2. The van der Waals surface area contributed by atoms with Crippen molar-refractivity contribution in [2.45, 2.75) is 425 Å². The Morgan fingerprint density at radius 1 is 0.292 bits per heavy atom. The Hall–Kier alpha value is -1.94. The number of aliphatic hydroxyl groups is 1. The van der Waals surface area contributed by atoms with E-state index in [-0.39, 0.29) is 25.7 Å². The average molecular weight is 1410 g/mol. The predicted octanol–water partition coefficient (Wildman–Crippen LogP) is 22.9. The number of esters is 4. The Balaban J connectivity index is 5.21. The molecule has 0 saturated carbocycles. The number of ether oxygens (including phenoxy) is 4. The second kappa shape index (κ2) is 70.1. The third-order valence-electron chi connectivity index (χ3n) is 18.4. The summed E-state index contributed by atoms with van der Waals surface area (Å²) in [5, 5.41) is 10.6. The first kappa shape index (κ1) is 94.1. The molecule has 0 aliphatic carbocycles. The molecule has 0 bridgehead atoms. The van der Waals surface area contributed by atoms with Gasteiger partial charge in [0.25, 0.3) is 0 Å². The molecule has 0 radical (unpaired) electrons. The fourth-order valence-corrected chi connectivity index (χ4v) is 13.4. The third-order valence-corrected chi connectivity index (χ3v) is 20.3. The number of phosphoric acid groups is 2. The van der Waals surface area contributed by atoms with Gasteiger partial charge in [-0.05, 0) is 31.6 Å². The number of hydrogen-bond acceptors (Lipinski definition) is 15. The van der Waals surface area contributed by atoms with Gasteiger partial charge >= 0.3 is 39.5 Å². The summed E-state index contributed by atoms with van der Waals surface area (Å²) in [6, 6.07) is 0. The Morgan fingerprint density at radius 2 is 0.500 bits per heavy atom. The normalized spacial score (nSPS) is 14.2. The summed E-state index contributed by atoms with van der Waals surface area (Å²) in [7, 11) is -9.91. The zero-order valence-corrected chi connectivity index (χ0v) is 64.3. The van der Waals surface area contributed by atoms with E-state index in [0.29, 0.717) is 25.7 Å². The molecule has 0 aromatic heterocycles. The quantitative estimate of drug-likeness (QED) is 0.0222. The van der Waals surface area contributed by atoms with Crippen molar-refractivity contribution in [3.05, 3.63) is 0 Å². The van der Waals surface area contributed by atoms with Crippen LogP contribution in [0.25, 0.3) is 0 Å². The van der Waals surface area contributed by atoms with Crippen molar-refractivity contribution in [3.8, 4) is 0 Å². The van der Waals surface area contributed by atoms with Gasteiger partial charge in [0, 0.05) is 25.7 Å². The number of aliphatic hydroxyl groups excluding tert-OH is 1. The van der Waals surface area contributed by atoms with Crippen LogP contribution in [0.1, 0.15) is 407 Å². The minimum Gasteiger partial charge on any atom is -0.462 e. The van der Waals surface area contributed by atoms with Crippen LogP contribution in [0.4, 0.5) is 0 Å². The fourth-order valence-electron chi connectivity index (χ4n) is 11.8. The van der Waals surface area contributed by atoms with E-state index in [1.807, 2.05) is 0 Å². The predicted molar refractivity (Wildman–Crippen MR) is 391 cm³/mol. The van der Waals surface area contributed by atoms with Gasteiger partial charge < -0.3 is 33.8 Å². The maximum atomic E-state index is 13.1. The molecule has 17 nitrogen and oxygen atoms in total. The van der Waals surface area contributed by atoms with Crippen LogP contribution in [0.2, 0.25) is 0 Å². The van der Waals surface area contributed by atoms with Gasteiger partial charge in [-0.15, -0.1) is 0 Å². The molecule has 0 saturated heterocycles. The van der Waals surface area contributed by atoms with Crippen LogP contribution in [0.15, 0.2) is 0 Å². The van der Waals surface area contributed by atoms with Crippen molar-refractivity contribution >= 4 is 39.5 Å². The standard InChI is InChI=1S/C77H150O17P2/c1-6-10-13-16-19-22-24-26-28-30-32-34-36-41-46-51-56-61-75(80)88-67-73(94-76(81)62-57-52-47-42-37-35-33-31-29-27-25-23-20-17-14-11-7-2)69-92-96(85,86)90-65-71(78)64-89-95(83,84)91-68-72(66-87-74(79)60-55-50-45-21-18-15-12-8-3)93-77(82)63-58-53-48-43-39-38-40-44-49-54-59-70(5)9-4/h70-73,78H,6-69H2,1-5H3,(H,83,84)(H,85,86)/t70?,71-,72+,73+/m0/s1. The van der Waals surface area contributed by atoms with Gasteiger partial charge in [0.15, 0.2) is 12.2 Å². The van der Waals surface area contributed by atoms with Crippen LogP contribution in [-0.2, 0) is 65.4 Å². The highest BCUT2D eigenvalue weighted by atomic mass is 31.2. The van der Waals surface area contributed by atoms with Crippen LogP contribution in [0, 0.1) is 5.92 Å². The van der Waals surface area contributed by atoms with Crippen molar-refractivity contribution in [1.82, 2.24) is 0 Å². The Morgan fingerprint density at radius 3 is 0.740 bits per heavy atom. The van der Waals surface area contributed by atoms with Gasteiger partial charge in [-0.1, -0.05) is 356 Å². The van der Waals surface area contributed by atoms with Gasteiger partial charge in [0.1, 0.15) is 19.3 Å². The lowest BCUT2D eigenvalue weighted by Gasteiger charge is -2.21. The molecule has 0 aliphatic heterocycles. The van der Waals surface area contributed by atoms with Crippen molar-refractivity contribution in [1.29, 1.82) is 0 Å². The Labute approximate surface area is 588 Å². The lowest BCUT2D eigenvalue weighted by molar-refractivity contribution is -0.161. The summed E-state index contributed by atoms with van der Waals surface area (Å²) in [5.74, 6) is -1.31. The lowest BCUT2D eigenvalue weighted by Crippen LogP contribution is -2.30. The van der Waals surface area contributed by atoms with E-state index < -0.39 is 97.5 Å². The minimum absolute atomic E-state index is 0.106. The smallest absolute Gasteiger partial charge is 0.462 e. The van der Waals surface area contributed by atoms with Crippen molar-refractivity contribution in [2.24, 2.45) is 5.92 Å². The van der Waals surface area contributed by atoms with E-state index in [2.05, 4.69) is 34.6 Å². The van der Waals surface area contributed by atoms with Crippen LogP contribution in [0.3, 0.4) is 0 Å². The van der Waals surface area contributed by atoms with Gasteiger partial charge in [-0.25, -0.2) is 9.13 Å². The molecule has 0 spiro atoms. The van der Waals surface area contributed by atoms with E-state index in [9.17, 15) is 43.2 Å². The zero-order valence-electron chi connectivity index (χ0n) is 62.5. The fraction of sp³-hybridized carbons (Fsp3) is 0.948. The number of phosphoric ester groups is 2. The highest BCUT2D eigenvalue weighted by molar-refractivity contribution is 7.47. The molecule has 0 heterocycles. The monoisotopic (exact) mass is 1410 g/mol. The van der Waals surface area contributed by atoms with Crippen molar-refractivity contribution in [2.75, 3.05) is 39.6 Å². The molecular weight excluding hydrogens is 1260 g/mol. The molecule has 3 N–H and O–H groups in total. The zero-order chi connectivity index (χ0) is 70.5. The molecule has 0 aliphatic rings. The van der Waals surface area contributed by atoms with Gasteiger partial charge in [0.2, 0.25) is 0 Å². The minimum atomic E-state index is -4.96. The topological polar surface area (TPSA) is 237 Å². The molecule has 6 atom stereocenters. The number of carbonyl (C=O) groups excluding carboxylic acids is 4. The summed E-state index contributed by atoms with van der Waals surface area (Å²) in [6.45, 7) is 7.30. The van der Waals surface area contributed by atoms with E-state index in [1.165, 1.54) is 225 Å². The highest BCUT2D eigenvalue weighted by Gasteiger charge is 2.30. The van der Waals surface area contributed by atoms with Gasteiger partial charge in [0.05, 0.1) is 26.4 Å². The molecule has 96 heavy (non-hydrogen) atoms. The molecule has 0 amide bonds. The Bertz CT molecular complexity index is 1840. The summed E-state index contributed by atoms with van der Waals surface area (Å²) in [6.07, 6.45) is 59.6. The van der Waals surface area contributed by atoms with E-state index >= 15 is 0 Å². The number of unbranched alkanes of at least 4 members (excludes halogenated alkanes) is 48. The highest BCUT2D eigenvalue weighted by Crippen LogP contribution is 2.45. The second-order valence-corrected chi connectivity index (χ2v) is 30.9. The van der Waals surface area contributed by atoms with Crippen molar-refractivity contribution < 1.29 is 80.2 Å². The number of rotatable bonds is 77. The largest absolute Gasteiger partial charge is 0.472 e. The maximum Gasteiger partial charge on any atom is 0.472 e. The van der Waals surface area contributed by atoms with E-state index in [1.54, 1.807) is 0 Å². The molecule has 0 rings (SSSR count). The van der Waals surface area contributed by atoms with Crippen LogP contribution in [-0.4, -0.2) is 96.7 Å². The van der Waals surface area contributed by atoms with Gasteiger partial charge in [-0.3, -0.25) is 37.3 Å². The molecule has 19 heteroatoms. The molecule has 0 aromatic carbocycles. The molecule has 0 fully saturated rings. The van der Waals surface area contributed by atoms with E-state index in [0.717, 1.165) is 102 Å². The first-order valence-electron chi connectivity index (χ1n) is 40.2. The number of carbonyl (C=O) groups is 4. The van der Waals surface area contributed by atoms with Crippen LogP contribution in [0.5, 0.6) is 0 Å². The second-order valence-electron chi connectivity index (χ2n) is 28.0. The molecule has 0 aromatic rings. The van der Waals surface area contributed by atoms with E-state index in [4.69, 9.17) is 37.0 Å². The first-order valence-corrected chi connectivity index (χ1v) is 43.2.